The SMILES string of the molecule is CC(C)[C@H](NC(=O)c1ccco1)C(=O)OCC(=O)NCc1ccccc1Cl. The molecule has 0 aliphatic rings. The lowest BCUT2D eigenvalue weighted by atomic mass is 10.0. The lowest BCUT2D eigenvalue weighted by molar-refractivity contribution is -0.151. The summed E-state index contributed by atoms with van der Waals surface area (Å²) < 4.78 is 10.0. The number of ether oxygens (including phenoxy) is 1. The molecule has 0 aliphatic heterocycles. The second-order valence-electron chi connectivity index (χ2n) is 6.15. The molecule has 144 valence electrons. The lowest BCUT2D eigenvalue weighted by Gasteiger charge is -2.20. The van der Waals surface area contributed by atoms with Gasteiger partial charge in [0.25, 0.3) is 11.8 Å². The minimum Gasteiger partial charge on any atom is -0.459 e. The Morgan fingerprint density at radius 1 is 1.15 bits per heavy atom. The molecule has 2 aromatic rings. The molecule has 0 spiro atoms. The number of hydrogen-bond acceptors (Lipinski definition) is 5. The second-order valence-corrected chi connectivity index (χ2v) is 6.56. The zero-order chi connectivity index (χ0) is 19.8. The first-order valence-corrected chi connectivity index (χ1v) is 8.77. The van der Waals surface area contributed by atoms with Crippen LogP contribution >= 0.6 is 11.6 Å². The first kappa shape index (κ1) is 20.5. The topological polar surface area (TPSA) is 97.6 Å². The van der Waals surface area contributed by atoms with Crippen LogP contribution in [0.4, 0.5) is 0 Å². The Labute approximate surface area is 162 Å². The van der Waals surface area contributed by atoms with E-state index < -0.39 is 30.4 Å². The number of carbonyl (C=O) groups is 3. The van der Waals surface area contributed by atoms with Gasteiger partial charge in [0.1, 0.15) is 6.04 Å². The van der Waals surface area contributed by atoms with Crippen molar-refractivity contribution in [2.45, 2.75) is 26.4 Å². The molecule has 0 fully saturated rings. The van der Waals surface area contributed by atoms with Gasteiger partial charge in [-0.05, 0) is 29.7 Å². The summed E-state index contributed by atoms with van der Waals surface area (Å²) in [6, 6.07) is 9.26. The number of furan rings is 1. The van der Waals surface area contributed by atoms with Crippen molar-refractivity contribution in [2.75, 3.05) is 6.61 Å². The van der Waals surface area contributed by atoms with Crippen LogP contribution in [0.1, 0.15) is 30.0 Å². The molecule has 0 unspecified atom stereocenters. The molecule has 1 heterocycles. The molecule has 0 saturated heterocycles. The molecule has 0 bridgehead atoms. The highest BCUT2D eigenvalue weighted by molar-refractivity contribution is 6.31. The summed E-state index contributed by atoms with van der Waals surface area (Å²) in [6.45, 7) is 3.28. The Morgan fingerprint density at radius 3 is 2.52 bits per heavy atom. The molecule has 1 aromatic carbocycles. The van der Waals surface area contributed by atoms with E-state index in [-0.39, 0.29) is 18.2 Å². The van der Waals surface area contributed by atoms with Crippen molar-refractivity contribution in [2.24, 2.45) is 5.92 Å². The van der Waals surface area contributed by atoms with Gasteiger partial charge < -0.3 is 19.8 Å². The zero-order valence-corrected chi connectivity index (χ0v) is 15.8. The standard InChI is InChI=1S/C19H21ClN2O5/c1-12(2)17(22-18(24)15-8-5-9-26-15)19(25)27-11-16(23)21-10-13-6-3-4-7-14(13)20/h3-9,12,17H,10-11H2,1-2H3,(H,21,23)(H,22,24)/t17-/m0/s1. The Morgan fingerprint density at radius 2 is 1.89 bits per heavy atom. The van der Waals surface area contributed by atoms with Crippen molar-refractivity contribution in [3.8, 4) is 0 Å². The molecule has 27 heavy (non-hydrogen) atoms. The van der Waals surface area contributed by atoms with E-state index >= 15 is 0 Å². The van der Waals surface area contributed by atoms with Crippen molar-refractivity contribution < 1.29 is 23.5 Å². The fourth-order valence-corrected chi connectivity index (χ4v) is 2.43. The molecule has 7 nitrogen and oxygen atoms in total. The molecule has 2 amide bonds. The molecule has 2 rings (SSSR count). The maximum Gasteiger partial charge on any atom is 0.329 e. The highest BCUT2D eigenvalue weighted by Gasteiger charge is 2.27. The van der Waals surface area contributed by atoms with Gasteiger partial charge in [-0.3, -0.25) is 9.59 Å². The summed E-state index contributed by atoms with van der Waals surface area (Å²) in [5.74, 6) is -1.84. The van der Waals surface area contributed by atoms with Gasteiger partial charge in [0, 0.05) is 11.6 Å². The number of hydrogen-bond donors (Lipinski definition) is 2. The zero-order valence-electron chi connectivity index (χ0n) is 15.0. The minimum absolute atomic E-state index is 0.0888. The Hall–Kier alpha value is -2.80. The van der Waals surface area contributed by atoms with Crippen LogP contribution in [0.3, 0.4) is 0 Å². The highest BCUT2D eigenvalue weighted by atomic mass is 35.5. The van der Waals surface area contributed by atoms with Gasteiger partial charge in [0.05, 0.1) is 6.26 Å². The molecular weight excluding hydrogens is 372 g/mol. The largest absolute Gasteiger partial charge is 0.459 e. The average molecular weight is 393 g/mol. The third kappa shape index (κ3) is 6.14. The van der Waals surface area contributed by atoms with Crippen molar-refractivity contribution in [3.05, 3.63) is 59.0 Å². The summed E-state index contributed by atoms with van der Waals surface area (Å²) in [7, 11) is 0. The molecule has 0 aliphatic carbocycles. The van der Waals surface area contributed by atoms with E-state index in [9.17, 15) is 14.4 Å². The van der Waals surface area contributed by atoms with Gasteiger partial charge in [-0.25, -0.2) is 4.79 Å². The average Bonchev–Trinajstić information content (AvgIpc) is 3.18. The van der Waals surface area contributed by atoms with E-state index in [1.54, 1.807) is 38.1 Å². The van der Waals surface area contributed by atoms with E-state index in [1.165, 1.54) is 12.3 Å². The van der Waals surface area contributed by atoms with Crippen molar-refractivity contribution in [1.82, 2.24) is 10.6 Å². The number of esters is 1. The Balaban J connectivity index is 1.83. The van der Waals surface area contributed by atoms with Crippen LogP contribution in [-0.4, -0.2) is 30.4 Å². The molecule has 1 aromatic heterocycles. The first-order valence-electron chi connectivity index (χ1n) is 8.39. The van der Waals surface area contributed by atoms with Gasteiger partial charge in [-0.15, -0.1) is 0 Å². The van der Waals surface area contributed by atoms with Gasteiger partial charge in [-0.2, -0.15) is 0 Å². The number of nitrogens with one attached hydrogen (secondary N) is 2. The van der Waals surface area contributed by atoms with Crippen LogP contribution in [0, 0.1) is 5.92 Å². The van der Waals surface area contributed by atoms with Crippen LogP contribution in [0.25, 0.3) is 0 Å². The normalized spacial score (nSPS) is 11.7. The lowest BCUT2D eigenvalue weighted by Crippen LogP contribution is -2.46. The predicted octanol–water partition coefficient (Wildman–Crippen LogP) is 2.55. The molecule has 1 atom stereocenters. The fraction of sp³-hybridized carbons (Fsp3) is 0.316. The summed E-state index contributed by atoms with van der Waals surface area (Å²) in [4.78, 5) is 36.2. The minimum atomic E-state index is -0.904. The van der Waals surface area contributed by atoms with Crippen molar-refractivity contribution >= 4 is 29.4 Å². The van der Waals surface area contributed by atoms with Gasteiger partial charge in [-0.1, -0.05) is 43.6 Å². The van der Waals surface area contributed by atoms with E-state index in [4.69, 9.17) is 20.8 Å². The summed E-state index contributed by atoms with van der Waals surface area (Å²) in [5, 5.41) is 5.71. The summed E-state index contributed by atoms with van der Waals surface area (Å²) in [6.07, 6.45) is 1.36. The second kappa shape index (κ2) is 9.78. The molecule has 0 radical (unpaired) electrons. The monoisotopic (exact) mass is 392 g/mol. The number of amides is 2. The summed E-state index contributed by atoms with van der Waals surface area (Å²) in [5.41, 5.74) is 0.754. The third-order valence-electron chi connectivity index (χ3n) is 3.73. The quantitative estimate of drug-likeness (QED) is 0.673. The Kier molecular flexibility index (Phi) is 7.43. The number of rotatable bonds is 8. The number of halogens is 1. The molecule has 2 N–H and O–H groups in total. The van der Waals surface area contributed by atoms with Gasteiger partial charge in [0.15, 0.2) is 12.4 Å². The van der Waals surface area contributed by atoms with E-state index in [2.05, 4.69) is 10.6 Å². The van der Waals surface area contributed by atoms with Crippen LogP contribution in [-0.2, 0) is 20.9 Å². The maximum atomic E-state index is 12.3. The number of carbonyl (C=O) groups excluding carboxylic acids is 3. The van der Waals surface area contributed by atoms with Crippen LogP contribution in [0.5, 0.6) is 0 Å². The van der Waals surface area contributed by atoms with Crippen molar-refractivity contribution in [3.63, 3.8) is 0 Å². The molecular formula is C19H21ClN2O5. The van der Waals surface area contributed by atoms with Crippen LogP contribution in [0.15, 0.2) is 47.1 Å². The van der Waals surface area contributed by atoms with Gasteiger partial charge in [0.2, 0.25) is 0 Å². The highest BCUT2D eigenvalue weighted by Crippen LogP contribution is 2.14. The molecule has 0 saturated carbocycles. The van der Waals surface area contributed by atoms with E-state index in [0.29, 0.717) is 5.02 Å². The van der Waals surface area contributed by atoms with Gasteiger partial charge >= 0.3 is 5.97 Å². The van der Waals surface area contributed by atoms with Crippen molar-refractivity contribution in [1.29, 1.82) is 0 Å². The predicted molar refractivity (Wildman–Crippen MR) is 99.1 cm³/mol. The van der Waals surface area contributed by atoms with Crippen LogP contribution < -0.4 is 10.6 Å². The maximum absolute atomic E-state index is 12.3. The van der Waals surface area contributed by atoms with Crippen LogP contribution in [0.2, 0.25) is 5.02 Å². The number of benzene rings is 1. The van der Waals surface area contributed by atoms with E-state index in [1.807, 2.05) is 6.07 Å². The first-order chi connectivity index (χ1) is 12.9. The Bertz CT molecular complexity index is 789. The smallest absolute Gasteiger partial charge is 0.329 e. The third-order valence-corrected chi connectivity index (χ3v) is 4.10. The summed E-state index contributed by atoms with van der Waals surface area (Å²) >= 11 is 6.02. The van der Waals surface area contributed by atoms with E-state index in [0.717, 1.165) is 5.56 Å². The molecule has 8 heteroatoms. The fourth-order valence-electron chi connectivity index (χ4n) is 2.23.